The van der Waals surface area contributed by atoms with Crippen molar-refractivity contribution in [2.24, 2.45) is 0 Å². The Morgan fingerprint density at radius 2 is 1.81 bits per heavy atom. The van der Waals surface area contributed by atoms with Gasteiger partial charge in [-0.05, 0) is 42.6 Å². The van der Waals surface area contributed by atoms with E-state index in [0.29, 0.717) is 22.9 Å². The third kappa shape index (κ3) is 3.66. The molecular weight excluding hydrogens is 387 g/mol. The molecule has 1 aliphatic carbocycles. The van der Waals surface area contributed by atoms with Gasteiger partial charge in [0.1, 0.15) is 5.52 Å². The molecule has 1 saturated carbocycles. The van der Waals surface area contributed by atoms with Crippen molar-refractivity contribution in [3.63, 3.8) is 0 Å². The lowest BCUT2D eigenvalue weighted by molar-refractivity contribution is 0.0990. The van der Waals surface area contributed by atoms with Crippen LogP contribution in [0.2, 0.25) is 28.6 Å². The van der Waals surface area contributed by atoms with E-state index in [0.717, 1.165) is 12.8 Å². The molecule has 2 aromatic heterocycles. The summed E-state index contributed by atoms with van der Waals surface area (Å²) in [6.45, 7) is 12.1. The lowest BCUT2D eigenvalue weighted by Crippen LogP contribution is -2.48. The van der Waals surface area contributed by atoms with Crippen molar-refractivity contribution in [2.75, 3.05) is 6.61 Å². The van der Waals surface area contributed by atoms with Crippen molar-refractivity contribution in [3.8, 4) is 0 Å². The number of rotatable bonds is 4. The van der Waals surface area contributed by atoms with Crippen molar-refractivity contribution in [2.45, 2.75) is 76.5 Å². The van der Waals surface area contributed by atoms with Gasteiger partial charge in [-0.25, -0.2) is 9.97 Å². The van der Waals surface area contributed by atoms with E-state index in [4.69, 9.17) is 27.6 Å². The molecule has 0 unspecified atom stereocenters. The quantitative estimate of drug-likeness (QED) is 0.359. The van der Waals surface area contributed by atoms with Gasteiger partial charge < -0.3 is 8.99 Å². The van der Waals surface area contributed by atoms with E-state index in [1.54, 1.807) is 0 Å². The van der Waals surface area contributed by atoms with Crippen LogP contribution < -0.4 is 0 Å². The summed E-state index contributed by atoms with van der Waals surface area (Å²) < 4.78 is 8.80. The van der Waals surface area contributed by atoms with Gasteiger partial charge in [-0.2, -0.15) is 4.98 Å². The van der Waals surface area contributed by atoms with Crippen LogP contribution >= 0.6 is 23.2 Å². The smallest absolute Gasteiger partial charge is 0.225 e. The Bertz CT molecular complexity index is 794. The largest absolute Gasteiger partial charge is 0.414 e. The number of imidazole rings is 1. The van der Waals surface area contributed by atoms with E-state index in [2.05, 4.69) is 53.4 Å². The van der Waals surface area contributed by atoms with E-state index >= 15 is 0 Å². The zero-order valence-corrected chi connectivity index (χ0v) is 18.8. The van der Waals surface area contributed by atoms with E-state index in [-0.39, 0.29) is 15.9 Å². The number of hydrogen-bond donors (Lipinski definition) is 0. The summed E-state index contributed by atoms with van der Waals surface area (Å²) in [5.41, 5.74) is 1.16. The van der Waals surface area contributed by atoms with Gasteiger partial charge in [0, 0.05) is 0 Å². The molecule has 1 fully saturated rings. The molecule has 0 spiro atoms. The van der Waals surface area contributed by atoms with Gasteiger partial charge in [0.25, 0.3) is 0 Å². The molecule has 0 radical (unpaired) electrons. The first kappa shape index (κ1) is 20.1. The van der Waals surface area contributed by atoms with Crippen molar-refractivity contribution in [1.82, 2.24) is 19.5 Å². The lowest BCUT2D eigenvalue weighted by Gasteiger charge is -2.43. The SMILES string of the molecule is CC(C)(C)[Si](C)(C)OCC1(n2cnc3c(Cl)nc(Cl)nc32)CCCCC1. The first-order valence-corrected chi connectivity index (χ1v) is 12.9. The molecule has 8 heteroatoms. The summed E-state index contributed by atoms with van der Waals surface area (Å²) in [4.78, 5) is 12.9. The molecule has 5 nitrogen and oxygen atoms in total. The van der Waals surface area contributed by atoms with Gasteiger partial charge in [0.05, 0.1) is 18.5 Å². The number of aromatic nitrogens is 4. The standard InChI is InChI=1S/C18H28Cl2N4OSi/c1-17(2,3)26(4,5)25-11-18(9-7-6-8-10-18)24-12-21-13-14(19)22-16(20)23-15(13)24/h12H,6-11H2,1-5H3. The first-order chi connectivity index (χ1) is 12.1. The fourth-order valence-corrected chi connectivity index (χ4v) is 4.87. The highest BCUT2D eigenvalue weighted by Gasteiger charge is 2.42. The topological polar surface area (TPSA) is 52.8 Å². The van der Waals surface area contributed by atoms with Crippen molar-refractivity contribution < 1.29 is 4.43 Å². The maximum atomic E-state index is 6.65. The molecule has 2 aromatic rings. The molecule has 144 valence electrons. The zero-order valence-electron chi connectivity index (χ0n) is 16.3. The van der Waals surface area contributed by atoms with Crippen LogP contribution in [0.4, 0.5) is 0 Å². The van der Waals surface area contributed by atoms with Gasteiger partial charge in [-0.15, -0.1) is 0 Å². The van der Waals surface area contributed by atoms with Crippen molar-refractivity contribution in [3.05, 3.63) is 16.8 Å². The third-order valence-electron chi connectivity index (χ3n) is 6.13. The molecule has 26 heavy (non-hydrogen) atoms. The predicted molar refractivity (Wildman–Crippen MR) is 110 cm³/mol. The third-order valence-corrected chi connectivity index (χ3v) is 11.0. The van der Waals surface area contributed by atoms with Gasteiger partial charge in [-0.3, -0.25) is 0 Å². The van der Waals surface area contributed by atoms with Gasteiger partial charge in [-0.1, -0.05) is 51.6 Å². The highest BCUT2D eigenvalue weighted by molar-refractivity contribution is 6.74. The van der Waals surface area contributed by atoms with Crippen LogP contribution in [-0.2, 0) is 9.96 Å². The van der Waals surface area contributed by atoms with E-state index in [1.807, 2.05) is 6.33 Å². The van der Waals surface area contributed by atoms with Gasteiger partial charge in [0.2, 0.25) is 5.28 Å². The average molecular weight is 415 g/mol. The highest BCUT2D eigenvalue weighted by atomic mass is 35.5. The van der Waals surface area contributed by atoms with E-state index in [1.165, 1.54) is 19.3 Å². The minimum atomic E-state index is -1.86. The highest BCUT2D eigenvalue weighted by Crippen LogP contribution is 2.42. The summed E-state index contributed by atoms with van der Waals surface area (Å²) in [5, 5.41) is 0.629. The second-order valence-corrected chi connectivity index (χ2v) is 14.4. The minimum Gasteiger partial charge on any atom is -0.414 e. The Labute approximate surface area is 166 Å². The first-order valence-electron chi connectivity index (χ1n) is 9.26. The Kier molecular flexibility index (Phi) is 5.43. The molecular formula is C18H28Cl2N4OSi. The normalized spacial score (nSPS) is 18.4. The van der Waals surface area contributed by atoms with Crippen LogP contribution in [0.15, 0.2) is 6.33 Å². The minimum absolute atomic E-state index is 0.149. The van der Waals surface area contributed by atoms with Crippen LogP contribution in [0.3, 0.4) is 0 Å². The van der Waals surface area contributed by atoms with E-state index < -0.39 is 8.32 Å². The molecule has 2 heterocycles. The summed E-state index contributed by atoms with van der Waals surface area (Å²) in [6.07, 6.45) is 7.53. The summed E-state index contributed by atoms with van der Waals surface area (Å²) in [6, 6.07) is 0. The Hall–Kier alpha value is -0.693. The molecule has 0 N–H and O–H groups in total. The van der Waals surface area contributed by atoms with Crippen LogP contribution in [0.25, 0.3) is 11.2 Å². The predicted octanol–water partition coefficient (Wildman–Crippen LogP) is 5.81. The Morgan fingerprint density at radius 1 is 1.15 bits per heavy atom. The Balaban J connectivity index is 2.01. The van der Waals surface area contributed by atoms with Crippen LogP contribution in [0.5, 0.6) is 0 Å². The fourth-order valence-electron chi connectivity index (χ4n) is 3.38. The second kappa shape index (κ2) is 7.04. The molecule has 0 aliphatic heterocycles. The molecule has 0 atom stereocenters. The zero-order chi connectivity index (χ0) is 19.2. The van der Waals surface area contributed by atoms with Crippen molar-refractivity contribution >= 4 is 42.7 Å². The van der Waals surface area contributed by atoms with Crippen LogP contribution in [-0.4, -0.2) is 34.4 Å². The number of hydrogen-bond acceptors (Lipinski definition) is 4. The van der Waals surface area contributed by atoms with E-state index in [9.17, 15) is 0 Å². The van der Waals surface area contributed by atoms with Gasteiger partial charge in [0.15, 0.2) is 19.1 Å². The average Bonchev–Trinajstić information content (AvgIpc) is 2.97. The Morgan fingerprint density at radius 3 is 2.42 bits per heavy atom. The van der Waals surface area contributed by atoms with Crippen LogP contribution in [0, 0.1) is 0 Å². The molecule has 0 saturated heterocycles. The lowest BCUT2D eigenvalue weighted by atomic mass is 9.82. The van der Waals surface area contributed by atoms with Crippen LogP contribution in [0.1, 0.15) is 52.9 Å². The monoisotopic (exact) mass is 414 g/mol. The molecule has 0 bridgehead atoms. The molecule has 0 aromatic carbocycles. The molecule has 1 aliphatic rings. The second-order valence-electron chi connectivity index (χ2n) is 8.90. The van der Waals surface area contributed by atoms with Gasteiger partial charge >= 0.3 is 0 Å². The summed E-state index contributed by atoms with van der Waals surface area (Å²) >= 11 is 12.3. The molecule has 3 rings (SSSR count). The summed E-state index contributed by atoms with van der Waals surface area (Å²) in [7, 11) is -1.86. The molecule has 0 amide bonds. The number of fused-ring (bicyclic) bond motifs is 1. The fraction of sp³-hybridized carbons (Fsp3) is 0.722. The summed E-state index contributed by atoms with van der Waals surface area (Å²) in [5.74, 6) is 0. The number of halogens is 2. The number of nitrogens with zero attached hydrogens (tertiary/aromatic N) is 4. The maximum absolute atomic E-state index is 6.65. The van der Waals surface area contributed by atoms with Crippen molar-refractivity contribution in [1.29, 1.82) is 0 Å². The maximum Gasteiger partial charge on any atom is 0.225 e.